The summed E-state index contributed by atoms with van der Waals surface area (Å²) in [5.41, 5.74) is 1.67. The van der Waals surface area contributed by atoms with Gasteiger partial charge >= 0.3 is 0 Å². The summed E-state index contributed by atoms with van der Waals surface area (Å²) < 4.78 is 10.4. The predicted octanol–water partition coefficient (Wildman–Crippen LogP) is 2.54. The molecule has 0 aliphatic carbocycles. The van der Waals surface area contributed by atoms with E-state index >= 15 is 0 Å². The Morgan fingerprint density at radius 2 is 2.00 bits per heavy atom. The number of rotatable bonds is 8. The molecule has 1 N–H and O–H groups in total. The fourth-order valence-corrected chi connectivity index (χ4v) is 1.96. The summed E-state index contributed by atoms with van der Waals surface area (Å²) in [5, 5.41) is 2.86. The van der Waals surface area contributed by atoms with E-state index in [1.165, 1.54) is 0 Å². The molecule has 1 aromatic rings. The Morgan fingerprint density at radius 3 is 2.52 bits per heavy atom. The highest BCUT2D eigenvalue weighted by molar-refractivity contribution is 5.93. The number of carbonyl (C=O) groups is 1. The first-order chi connectivity index (χ1) is 9.99. The van der Waals surface area contributed by atoms with Crippen LogP contribution in [0.5, 0.6) is 11.5 Å². The van der Waals surface area contributed by atoms with Gasteiger partial charge in [0, 0.05) is 12.6 Å². The Kier molecular flexibility index (Phi) is 6.75. The van der Waals surface area contributed by atoms with Crippen molar-refractivity contribution < 1.29 is 14.3 Å². The molecule has 0 radical (unpaired) electrons. The van der Waals surface area contributed by atoms with Crippen LogP contribution in [0.25, 0.3) is 0 Å². The number of benzene rings is 1. The lowest BCUT2D eigenvalue weighted by Gasteiger charge is -2.20. The van der Waals surface area contributed by atoms with Gasteiger partial charge in [0.1, 0.15) is 11.5 Å². The Morgan fingerprint density at radius 1 is 1.29 bits per heavy atom. The maximum atomic E-state index is 12.1. The third-order valence-electron chi connectivity index (χ3n) is 2.99. The lowest BCUT2D eigenvalue weighted by atomic mass is 10.2. The molecule has 21 heavy (non-hydrogen) atoms. The molecule has 0 fully saturated rings. The van der Waals surface area contributed by atoms with Crippen molar-refractivity contribution in [2.75, 3.05) is 39.2 Å². The number of hydrogen-bond donors (Lipinski definition) is 1. The minimum absolute atomic E-state index is 0.0819. The average Bonchev–Trinajstić information content (AvgIpc) is 2.46. The third kappa shape index (κ3) is 5.47. The standard InChI is InChI=1S/C16H24N2O3/c1-6-18(10-12(2)3)11-16(19)17-14-8-7-13(20-4)9-15(14)21-5/h7-9H,2,6,10-11H2,1,3-5H3,(H,17,19). The molecular weight excluding hydrogens is 268 g/mol. The fourth-order valence-electron chi connectivity index (χ4n) is 1.96. The van der Waals surface area contributed by atoms with Crippen molar-refractivity contribution >= 4 is 11.6 Å². The van der Waals surface area contributed by atoms with Crippen LogP contribution in [0.4, 0.5) is 5.69 Å². The quantitative estimate of drug-likeness (QED) is 0.748. The van der Waals surface area contributed by atoms with Crippen LogP contribution in [0.2, 0.25) is 0 Å². The second-order valence-electron chi connectivity index (χ2n) is 4.87. The molecule has 0 saturated carbocycles. The van der Waals surface area contributed by atoms with Crippen LogP contribution in [-0.4, -0.2) is 44.7 Å². The van der Waals surface area contributed by atoms with E-state index in [4.69, 9.17) is 9.47 Å². The molecule has 1 aromatic carbocycles. The summed E-state index contributed by atoms with van der Waals surface area (Å²) in [6.45, 7) is 9.66. The van der Waals surface area contributed by atoms with E-state index in [-0.39, 0.29) is 5.91 Å². The molecule has 5 heteroatoms. The van der Waals surface area contributed by atoms with Crippen LogP contribution in [0.3, 0.4) is 0 Å². The summed E-state index contributed by atoms with van der Waals surface area (Å²) in [4.78, 5) is 14.1. The van der Waals surface area contributed by atoms with Crippen LogP contribution in [0.15, 0.2) is 30.4 Å². The van der Waals surface area contributed by atoms with E-state index < -0.39 is 0 Å². The van der Waals surface area contributed by atoms with Gasteiger partial charge in [-0.15, -0.1) is 0 Å². The molecule has 0 atom stereocenters. The van der Waals surface area contributed by atoms with E-state index in [2.05, 4.69) is 11.9 Å². The molecule has 5 nitrogen and oxygen atoms in total. The molecule has 1 amide bonds. The first kappa shape index (κ1) is 17.0. The van der Waals surface area contributed by atoms with Crippen molar-refractivity contribution in [3.8, 4) is 11.5 Å². The molecule has 0 bridgehead atoms. The van der Waals surface area contributed by atoms with Gasteiger partial charge in [-0.05, 0) is 25.6 Å². The van der Waals surface area contributed by atoms with Gasteiger partial charge in [-0.3, -0.25) is 9.69 Å². The highest BCUT2D eigenvalue weighted by Crippen LogP contribution is 2.28. The molecule has 0 aliphatic heterocycles. The number of likely N-dealkylation sites (N-methyl/N-ethyl adjacent to an activating group) is 1. The van der Waals surface area contributed by atoms with Gasteiger partial charge in [0.05, 0.1) is 26.5 Å². The van der Waals surface area contributed by atoms with E-state index in [0.29, 0.717) is 30.3 Å². The highest BCUT2D eigenvalue weighted by Gasteiger charge is 2.12. The van der Waals surface area contributed by atoms with Crippen molar-refractivity contribution in [1.82, 2.24) is 4.90 Å². The van der Waals surface area contributed by atoms with Crippen molar-refractivity contribution in [2.45, 2.75) is 13.8 Å². The van der Waals surface area contributed by atoms with Crippen LogP contribution in [0, 0.1) is 0 Å². The molecule has 0 saturated heterocycles. The normalized spacial score (nSPS) is 10.3. The zero-order valence-corrected chi connectivity index (χ0v) is 13.2. The number of methoxy groups -OCH3 is 2. The molecule has 116 valence electrons. The SMILES string of the molecule is C=C(C)CN(CC)CC(=O)Nc1ccc(OC)cc1OC. The van der Waals surface area contributed by atoms with Crippen LogP contribution >= 0.6 is 0 Å². The highest BCUT2D eigenvalue weighted by atomic mass is 16.5. The predicted molar refractivity (Wildman–Crippen MR) is 85.1 cm³/mol. The van der Waals surface area contributed by atoms with Gasteiger partial charge in [-0.2, -0.15) is 0 Å². The van der Waals surface area contributed by atoms with Gasteiger partial charge in [0.15, 0.2) is 0 Å². The van der Waals surface area contributed by atoms with Crippen molar-refractivity contribution in [2.24, 2.45) is 0 Å². The smallest absolute Gasteiger partial charge is 0.238 e. The van der Waals surface area contributed by atoms with Gasteiger partial charge in [0.25, 0.3) is 0 Å². The maximum Gasteiger partial charge on any atom is 0.238 e. The number of anilines is 1. The van der Waals surface area contributed by atoms with Gasteiger partial charge in [-0.1, -0.05) is 19.1 Å². The average molecular weight is 292 g/mol. The maximum absolute atomic E-state index is 12.1. The largest absolute Gasteiger partial charge is 0.497 e. The van der Waals surface area contributed by atoms with Gasteiger partial charge < -0.3 is 14.8 Å². The van der Waals surface area contributed by atoms with Gasteiger partial charge in [-0.25, -0.2) is 0 Å². The van der Waals surface area contributed by atoms with E-state index in [1.807, 2.05) is 18.7 Å². The number of carbonyl (C=O) groups excluding carboxylic acids is 1. The second kappa shape index (κ2) is 8.32. The topological polar surface area (TPSA) is 50.8 Å². The number of hydrogen-bond acceptors (Lipinski definition) is 4. The lowest BCUT2D eigenvalue weighted by molar-refractivity contribution is -0.117. The molecule has 1 rings (SSSR count). The minimum atomic E-state index is -0.0819. The number of ether oxygens (including phenoxy) is 2. The van der Waals surface area contributed by atoms with Crippen LogP contribution < -0.4 is 14.8 Å². The molecule has 0 unspecified atom stereocenters. The Balaban J connectivity index is 2.71. The number of nitrogens with zero attached hydrogens (tertiary/aromatic N) is 1. The number of nitrogens with one attached hydrogen (secondary N) is 1. The van der Waals surface area contributed by atoms with E-state index in [0.717, 1.165) is 12.1 Å². The van der Waals surface area contributed by atoms with E-state index in [9.17, 15) is 4.79 Å². The summed E-state index contributed by atoms with van der Waals surface area (Å²) in [5.74, 6) is 1.18. The molecular formula is C16H24N2O3. The van der Waals surface area contributed by atoms with Crippen LogP contribution in [0.1, 0.15) is 13.8 Å². The third-order valence-corrected chi connectivity index (χ3v) is 2.99. The van der Waals surface area contributed by atoms with Crippen molar-refractivity contribution in [1.29, 1.82) is 0 Å². The zero-order chi connectivity index (χ0) is 15.8. The minimum Gasteiger partial charge on any atom is -0.497 e. The Labute approximate surface area is 126 Å². The van der Waals surface area contributed by atoms with E-state index in [1.54, 1.807) is 32.4 Å². The fraction of sp³-hybridized carbons (Fsp3) is 0.438. The summed E-state index contributed by atoms with van der Waals surface area (Å²) in [7, 11) is 3.15. The van der Waals surface area contributed by atoms with Gasteiger partial charge in [0.2, 0.25) is 5.91 Å². The second-order valence-corrected chi connectivity index (χ2v) is 4.87. The zero-order valence-electron chi connectivity index (χ0n) is 13.2. The van der Waals surface area contributed by atoms with Crippen molar-refractivity contribution in [3.63, 3.8) is 0 Å². The molecule has 0 aliphatic rings. The monoisotopic (exact) mass is 292 g/mol. The Bertz CT molecular complexity index is 500. The summed E-state index contributed by atoms with van der Waals surface area (Å²) in [6, 6.07) is 5.29. The first-order valence-electron chi connectivity index (χ1n) is 6.88. The lowest BCUT2D eigenvalue weighted by Crippen LogP contribution is -2.34. The molecule has 0 heterocycles. The van der Waals surface area contributed by atoms with Crippen LogP contribution in [-0.2, 0) is 4.79 Å². The molecule has 0 spiro atoms. The Hall–Kier alpha value is -2.01. The van der Waals surface area contributed by atoms with Crippen molar-refractivity contribution in [3.05, 3.63) is 30.4 Å². The first-order valence-corrected chi connectivity index (χ1v) is 6.88. The molecule has 0 aromatic heterocycles. The summed E-state index contributed by atoms with van der Waals surface area (Å²) >= 11 is 0. The number of amides is 1. The summed E-state index contributed by atoms with van der Waals surface area (Å²) in [6.07, 6.45) is 0.